The van der Waals surface area contributed by atoms with Gasteiger partial charge in [-0.1, -0.05) is 63.2 Å². The first kappa shape index (κ1) is 19.8. The second kappa shape index (κ2) is 9.87. The lowest BCUT2D eigenvalue weighted by atomic mass is 9.76. The van der Waals surface area contributed by atoms with Crippen molar-refractivity contribution >= 4 is 31.4 Å². The van der Waals surface area contributed by atoms with E-state index in [0.29, 0.717) is 5.92 Å². The molecule has 0 atom stereocenters. The van der Waals surface area contributed by atoms with Gasteiger partial charge in [-0.2, -0.15) is 0 Å². The average Bonchev–Trinajstić information content (AvgIpc) is 2.64. The zero-order valence-electron chi connectivity index (χ0n) is 15.8. The molecule has 2 fully saturated rings. The third kappa shape index (κ3) is 5.79. The van der Waals surface area contributed by atoms with Crippen LogP contribution in [-0.4, -0.2) is 8.80 Å². The summed E-state index contributed by atoms with van der Waals surface area (Å²) in [6.45, 7) is 2.36. The Hall–Kier alpha value is 0.0969. The van der Waals surface area contributed by atoms with Crippen molar-refractivity contribution in [1.29, 1.82) is 0 Å². The fraction of sp³-hybridized carbons (Fsp3) is 0.727. The van der Waals surface area contributed by atoms with Gasteiger partial charge in [-0.15, -0.1) is 0 Å². The molecule has 0 spiro atoms. The van der Waals surface area contributed by atoms with Gasteiger partial charge in [-0.25, -0.2) is 4.39 Å². The third-order valence-corrected chi connectivity index (χ3v) is 11.5. The van der Waals surface area contributed by atoms with E-state index in [1.807, 2.05) is 6.07 Å². The predicted octanol–water partition coefficient (Wildman–Crippen LogP) is 7.53. The zero-order chi connectivity index (χ0) is 17.6. The highest BCUT2D eigenvalue weighted by Crippen LogP contribution is 2.39. The van der Waals surface area contributed by atoms with Crippen LogP contribution in [0.1, 0.15) is 76.2 Å². The number of halogens is 2. The van der Waals surface area contributed by atoms with Crippen molar-refractivity contribution in [1.82, 2.24) is 0 Å². The van der Waals surface area contributed by atoms with Gasteiger partial charge in [0.2, 0.25) is 0 Å². The first-order chi connectivity index (χ1) is 12.2. The molecule has 0 nitrogen and oxygen atoms in total. The molecule has 3 heteroatoms. The molecule has 0 radical (unpaired) electrons. The van der Waals surface area contributed by atoms with Gasteiger partial charge in [0, 0.05) is 12.4 Å². The fourth-order valence-electron chi connectivity index (χ4n) is 5.24. The van der Waals surface area contributed by atoms with Crippen molar-refractivity contribution in [2.24, 2.45) is 11.8 Å². The number of hydrogen-bond acceptors (Lipinski definition) is 0. The molecular formula is C22H34FISi. The quantitative estimate of drug-likeness (QED) is 0.297. The van der Waals surface area contributed by atoms with E-state index in [0.717, 1.165) is 15.4 Å². The number of rotatable bonds is 6. The Balaban J connectivity index is 1.37. The summed E-state index contributed by atoms with van der Waals surface area (Å²) in [5.41, 5.74) is 1.23. The van der Waals surface area contributed by atoms with E-state index in [4.69, 9.17) is 0 Å². The van der Waals surface area contributed by atoms with E-state index in [-0.39, 0.29) is 14.6 Å². The third-order valence-electron chi connectivity index (χ3n) is 6.91. The summed E-state index contributed by atoms with van der Waals surface area (Å²) in [6.07, 6.45) is 12.7. The number of benzene rings is 1. The monoisotopic (exact) mass is 472 g/mol. The van der Waals surface area contributed by atoms with Gasteiger partial charge < -0.3 is 0 Å². The Morgan fingerprint density at radius 2 is 1.64 bits per heavy atom. The molecule has 1 heterocycles. The van der Waals surface area contributed by atoms with Crippen LogP contribution in [0.15, 0.2) is 18.2 Å². The van der Waals surface area contributed by atoms with Crippen LogP contribution in [0.25, 0.3) is 0 Å². The van der Waals surface area contributed by atoms with E-state index in [1.54, 1.807) is 37.0 Å². The molecule has 0 amide bonds. The van der Waals surface area contributed by atoms with Gasteiger partial charge in [-0.3, -0.25) is 0 Å². The topological polar surface area (TPSA) is 0 Å². The molecule has 3 rings (SSSR count). The minimum Gasteiger partial charge on any atom is -0.206 e. The molecule has 0 aromatic heterocycles. The lowest BCUT2D eigenvalue weighted by Gasteiger charge is -2.32. The van der Waals surface area contributed by atoms with E-state index in [9.17, 15) is 4.39 Å². The lowest BCUT2D eigenvalue weighted by Crippen LogP contribution is -2.22. The summed E-state index contributed by atoms with van der Waals surface area (Å²) in [5.74, 6) is 2.54. The molecule has 1 aliphatic carbocycles. The SMILES string of the molecule is CCC[SiH]1CCC(CCC2CCC(c3ccc(I)c(F)c3)CC2)CC1. The lowest BCUT2D eigenvalue weighted by molar-refractivity contribution is 0.280. The van der Waals surface area contributed by atoms with Gasteiger partial charge in [0.15, 0.2) is 0 Å². The predicted molar refractivity (Wildman–Crippen MR) is 118 cm³/mol. The molecule has 2 aliphatic rings. The van der Waals surface area contributed by atoms with Crippen molar-refractivity contribution in [3.8, 4) is 0 Å². The van der Waals surface area contributed by atoms with Crippen LogP contribution < -0.4 is 0 Å². The van der Waals surface area contributed by atoms with Crippen LogP contribution >= 0.6 is 22.6 Å². The van der Waals surface area contributed by atoms with Gasteiger partial charge in [0.25, 0.3) is 0 Å². The van der Waals surface area contributed by atoms with Crippen molar-refractivity contribution in [3.63, 3.8) is 0 Å². The highest BCUT2D eigenvalue weighted by atomic mass is 127. The van der Waals surface area contributed by atoms with Crippen LogP contribution in [0.5, 0.6) is 0 Å². The standard InChI is InChI=1S/C22H34FISi/c1-2-13-25-14-11-18(12-15-25)4-3-17-5-7-19(8-6-17)20-9-10-22(24)21(23)16-20/h9-10,16-19,25H,2-8,11-15H2,1H3. The first-order valence-corrected chi connectivity index (χ1v) is 14.1. The van der Waals surface area contributed by atoms with E-state index in [2.05, 4.69) is 35.6 Å². The first-order valence-electron chi connectivity index (χ1n) is 10.6. The summed E-state index contributed by atoms with van der Waals surface area (Å²) < 4.78 is 14.6. The molecule has 25 heavy (non-hydrogen) atoms. The van der Waals surface area contributed by atoms with Crippen LogP contribution in [0, 0.1) is 21.2 Å². The van der Waals surface area contributed by atoms with Crippen molar-refractivity contribution in [2.75, 3.05) is 0 Å². The highest BCUT2D eigenvalue weighted by Gasteiger charge is 2.25. The van der Waals surface area contributed by atoms with Crippen LogP contribution in [0.3, 0.4) is 0 Å². The van der Waals surface area contributed by atoms with Crippen LogP contribution in [0.2, 0.25) is 18.1 Å². The average molecular weight is 473 g/mol. The Bertz CT molecular complexity index is 531. The minimum absolute atomic E-state index is 0.0394. The maximum atomic E-state index is 13.8. The summed E-state index contributed by atoms with van der Waals surface area (Å²) in [5, 5.41) is 0. The Labute approximate surface area is 169 Å². The Morgan fingerprint density at radius 3 is 2.24 bits per heavy atom. The Morgan fingerprint density at radius 1 is 1.00 bits per heavy atom. The largest absolute Gasteiger partial charge is 0.206 e. The van der Waals surface area contributed by atoms with E-state index >= 15 is 0 Å². The molecule has 1 saturated heterocycles. The molecule has 140 valence electrons. The fourth-order valence-corrected chi connectivity index (χ4v) is 9.14. The van der Waals surface area contributed by atoms with Gasteiger partial charge in [0.05, 0.1) is 0 Å². The molecule has 0 N–H and O–H groups in total. The summed E-state index contributed by atoms with van der Waals surface area (Å²) in [6, 6.07) is 10.7. The second-order valence-electron chi connectivity index (χ2n) is 8.64. The van der Waals surface area contributed by atoms with Crippen molar-refractivity contribution in [3.05, 3.63) is 33.1 Å². The summed E-state index contributed by atoms with van der Waals surface area (Å²) in [7, 11) is -0.306. The van der Waals surface area contributed by atoms with E-state index < -0.39 is 0 Å². The molecule has 1 aliphatic heterocycles. The minimum atomic E-state index is -0.306. The van der Waals surface area contributed by atoms with Gasteiger partial charge in [0.1, 0.15) is 5.82 Å². The maximum Gasteiger partial charge on any atom is 0.136 e. The Kier molecular flexibility index (Phi) is 7.83. The summed E-state index contributed by atoms with van der Waals surface area (Å²) in [4.78, 5) is 0. The molecule has 0 unspecified atom stereocenters. The second-order valence-corrected chi connectivity index (χ2v) is 13.3. The van der Waals surface area contributed by atoms with Gasteiger partial charge >= 0.3 is 0 Å². The molecule has 0 bridgehead atoms. The van der Waals surface area contributed by atoms with Crippen molar-refractivity contribution < 1.29 is 4.39 Å². The molecule has 1 aromatic rings. The molecule has 1 aromatic carbocycles. The zero-order valence-corrected chi connectivity index (χ0v) is 19.1. The summed E-state index contributed by atoms with van der Waals surface area (Å²) >= 11 is 2.08. The molecular weight excluding hydrogens is 438 g/mol. The van der Waals surface area contributed by atoms with Gasteiger partial charge in [-0.05, 0) is 83.7 Å². The van der Waals surface area contributed by atoms with E-state index in [1.165, 1.54) is 50.5 Å². The number of hydrogen-bond donors (Lipinski definition) is 0. The maximum absolute atomic E-state index is 13.8. The smallest absolute Gasteiger partial charge is 0.136 e. The normalized spacial score (nSPS) is 30.4. The highest BCUT2D eigenvalue weighted by molar-refractivity contribution is 14.1. The van der Waals surface area contributed by atoms with Crippen LogP contribution in [-0.2, 0) is 0 Å². The van der Waals surface area contributed by atoms with Crippen LogP contribution in [0.4, 0.5) is 4.39 Å². The molecule has 1 saturated carbocycles. The van der Waals surface area contributed by atoms with Crippen molar-refractivity contribution in [2.45, 2.75) is 88.8 Å².